The number of nitrogens with zero attached hydrogens (tertiary/aromatic N) is 1. The summed E-state index contributed by atoms with van der Waals surface area (Å²) >= 11 is 1.29. The van der Waals surface area contributed by atoms with Crippen molar-refractivity contribution in [3.8, 4) is 0 Å². The minimum absolute atomic E-state index is 0.385. The summed E-state index contributed by atoms with van der Waals surface area (Å²) in [5.41, 5.74) is 0. The fraction of sp³-hybridized carbons (Fsp3) is 0.722. The zero-order chi connectivity index (χ0) is 21.0. The van der Waals surface area contributed by atoms with Gasteiger partial charge in [-0.2, -0.15) is 0 Å². The van der Waals surface area contributed by atoms with Crippen LogP contribution in [0.25, 0.3) is 0 Å². The number of amides is 2. The molecule has 1 aromatic rings. The molecule has 3 aliphatic rings. The lowest BCUT2D eigenvalue weighted by Crippen LogP contribution is -2.60. The molecule has 0 unspecified atom stereocenters. The first-order valence-electron chi connectivity index (χ1n) is 9.42. The highest BCUT2D eigenvalue weighted by Crippen LogP contribution is 2.44. The average Bonchev–Trinajstić information content (AvgIpc) is 3.29. The van der Waals surface area contributed by atoms with Crippen molar-refractivity contribution in [1.29, 1.82) is 0 Å². The highest BCUT2D eigenvalue weighted by atomic mass is 32.1. The van der Waals surface area contributed by atoms with Crippen LogP contribution in [0.15, 0.2) is 11.6 Å². The molecule has 4 heterocycles. The van der Waals surface area contributed by atoms with Crippen molar-refractivity contribution in [2.75, 3.05) is 5.32 Å². The Morgan fingerprint density at radius 3 is 2.41 bits per heavy atom. The van der Waals surface area contributed by atoms with Gasteiger partial charge in [0.05, 0.1) is 0 Å². The Morgan fingerprint density at radius 1 is 1.07 bits per heavy atom. The van der Waals surface area contributed by atoms with Crippen LogP contribution < -0.4 is 10.6 Å². The van der Waals surface area contributed by atoms with Crippen LogP contribution >= 0.6 is 11.3 Å². The number of aromatic nitrogens is 1. The SMILES string of the molecule is C[C@@H](NC(=O)[C@@H]1O[C@@H]2OC(C)(C)O[C@@H]2[C@H]2OC(C)(C)O[C@H]21)C(=O)Nc1nccs1. The van der Waals surface area contributed by atoms with Gasteiger partial charge in [-0.15, -0.1) is 11.3 Å². The van der Waals surface area contributed by atoms with Gasteiger partial charge in [0.2, 0.25) is 5.91 Å². The zero-order valence-corrected chi connectivity index (χ0v) is 17.6. The number of carbonyl (C=O) groups is 2. The van der Waals surface area contributed by atoms with Gasteiger partial charge >= 0.3 is 0 Å². The Balaban J connectivity index is 1.46. The zero-order valence-electron chi connectivity index (χ0n) is 16.8. The monoisotopic (exact) mass is 427 g/mol. The van der Waals surface area contributed by atoms with Crippen LogP contribution in [-0.2, 0) is 33.3 Å². The average molecular weight is 427 g/mol. The Labute approximate surface area is 172 Å². The van der Waals surface area contributed by atoms with E-state index in [0.717, 1.165) is 0 Å². The largest absolute Gasteiger partial charge is 0.342 e. The summed E-state index contributed by atoms with van der Waals surface area (Å²) < 4.78 is 29.5. The van der Waals surface area contributed by atoms with Gasteiger partial charge in [0, 0.05) is 11.6 Å². The molecule has 3 fully saturated rings. The van der Waals surface area contributed by atoms with E-state index in [9.17, 15) is 9.59 Å². The minimum atomic E-state index is -1.02. The predicted molar refractivity (Wildman–Crippen MR) is 101 cm³/mol. The molecule has 1 aromatic heterocycles. The predicted octanol–water partition coefficient (Wildman–Crippen LogP) is 0.983. The molecule has 0 aromatic carbocycles. The van der Waals surface area contributed by atoms with Crippen LogP contribution in [0.4, 0.5) is 5.13 Å². The highest BCUT2D eigenvalue weighted by Gasteiger charge is 2.62. The van der Waals surface area contributed by atoms with Gasteiger partial charge in [-0.25, -0.2) is 4.98 Å². The van der Waals surface area contributed by atoms with E-state index in [-0.39, 0.29) is 5.91 Å². The second kappa shape index (κ2) is 7.25. The highest BCUT2D eigenvalue weighted by molar-refractivity contribution is 7.13. The molecule has 160 valence electrons. The molecule has 0 aliphatic carbocycles. The van der Waals surface area contributed by atoms with Gasteiger partial charge < -0.3 is 34.3 Å². The van der Waals surface area contributed by atoms with Crippen molar-refractivity contribution in [2.24, 2.45) is 0 Å². The second-order valence-corrected chi connectivity index (χ2v) is 9.04. The van der Waals surface area contributed by atoms with Crippen LogP contribution in [-0.4, -0.2) is 65.1 Å². The lowest BCUT2D eigenvalue weighted by atomic mass is 9.98. The molecular formula is C18H25N3O7S. The smallest absolute Gasteiger partial charge is 0.252 e. The molecule has 0 bridgehead atoms. The number of ether oxygens (including phenoxy) is 5. The van der Waals surface area contributed by atoms with Gasteiger partial charge in [-0.05, 0) is 34.6 Å². The number of hydrogen-bond acceptors (Lipinski definition) is 9. The number of hydrogen-bond donors (Lipinski definition) is 2. The van der Waals surface area contributed by atoms with Crippen molar-refractivity contribution in [2.45, 2.75) is 82.9 Å². The van der Waals surface area contributed by atoms with Crippen molar-refractivity contribution >= 4 is 28.3 Å². The molecule has 29 heavy (non-hydrogen) atoms. The molecule has 2 N–H and O–H groups in total. The topological polar surface area (TPSA) is 117 Å². The van der Waals surface area contributed by atoms with Gasteiger partial charge in [-0.3, -0.25) is 9.59 Å². The van der Waals surface area contributed by atoms with E-state index in [0.29, 0.717) is 5.13 Å². The normalized spacial score (nSPS) is 35.4. The van der Waals surface area contributed by atoms with Crippen LogP contribution in [0, 0.1) is 0 Å². The molecule has 11 heteroatoms. The summed E-state index contributed by atoms with van der Waals surface area (Å²) in [5, 5.41) is 7.53. The summed E-state index contributed by atoms with van der Waals surface area (Å²) in [6, 6.07) is -0.807. The first-order valence-corrected chi connectivity index (χ1v) is 10.3. The number of anilines is 1. The van der Waals surface area contributed by atoms with E-state index in [1.807, 2.05) is 0 Å². The van der Waals surface area contributed by atoms with Crippen molar-refractivity contribution in [3.05, 3.63) is 11.6 Å². The molecule has 0 spiro atoms. The maximum absolute atomic E-state index is 13.0. The fourth-order valence-electron chi connectivity index (χ4n) is 3.68. The van der Waals surface area contributed by atoms with E-state index < -0.39 is 54.2 Å². The summed E-state index contributed by atoms with van der Waals surface area (Å²) in [5.74, 6) is -2.66. The van der Waals surface area contributed by atoms with E-state index >= 15 is 0 Å². The first-order chi connectivity index (χ1) is 13.5. The molecule has 0 saturated carbocycles. The number of nitrogens with one attached hydrogen (secondary N) is 2. The molecule has 3 saturated heterocycles. The lowest BCUT2D eigenvalue weighted by Gasteiger charge is -2.36. The Morgan fingerprint density at radius 2 is 1.72 bits per heavy atom. The molecule has 0 radical (unpaired) electrons. The van der Waals surface area contributed by atoms with Gasteiger partial charge in [-0.1, -0.05) is 0 Å². The second-order valence-electron chi connectivity index (χ2n) is 8.15. The molecule has 4 rings (SSSR count). The summed E-state index contributed by atoms with van der Waals surface area (Å²) in [6.45, 7) is 8.65. The third-order valence-electron chi connectivity index (χ3n) is 4.83. The molecule has 6 atom stereocenters. The van der Waals surface area contributed by atoms with Crippen LogP contribution in [0.3, 0.4) is 0 Å². The molecule has 3 aliphatic heterocycles. The lowest BCUT2D eigenvalue weighted by molar-refractivity contribution is -0.231. The van der Waals surface area contributed by atoms with Gasteiger partial charge in [0.15, 0.2) is 29.1 Å². The van der Waals surface area contributed by atoms with E-state index in [4.69, 9.17) is 23.7 Å². The third-order valence-corrected chi connectivity index (χ3v) is 5.52. The Hall–Kier alpha value is -1.63. The quantitative estimate of drug-likeness (QED) is 0.730. The maximum Gasteiger partial charge on any atom is 0.252 e. The maximum atomic E-state index is 13.0. The molecule has 10 nitrogen and oxygen atoms in total. The van der Waals surface area contributed by atoms with Crippen LogP contribution in [0.2, 0.25) is 0 Å². The third kappa shape index (κ3) is 4.16. The molecular weight excluding hydrogens is 402 g/mol. The number of fused-ring (bicyclic) bond motifs is 3. The fourth-order valence-corrected chi connectivity index (χ4v) is 4.22. The van der Waals surface area contributed by atoms with Gasteiger partial charge in [0.25, 0.3) is 5.91 Å². The summed E-state index contributed by atoms with van der Waals surface area (Å²) in [4.78, 5) is 29.3. The van der Waals surface area contributed by atoms with E-state index in [1.165, 1.54) is 11.3 Å². The van der Waals surface area contributed by atoms with E-state index in [2.05, 4.69) is 15.6 Å². The number of carbonyl (C=O) groups excluding carboxylic acids is 2. The number of thiazole rings is 1. The summed E-state index contributed by atoms with van der Waals surface area (Å²) in [6.07, 6.45) is -1.97. The van der Waals surface area contributed by atoms with Crippen molar-refractivity contribution in [3.63, 3.8) is 0 Å². The van der Waals surface area contributed by atoms with Crippen molar-refractivity contribution in [1.82, 2.24) is 10.3 Å². The minimum Gasteiger partial charge on any atom is -0.342 e. The summed E-state index contributed by atoms with van der Waals surface area (Å²) in [7, 11) is 0. The van der Waals surface area contributed by atoms with Crippen LogP contribution in [0.1, 0.15) is 34.6 Å². The Kier molecular flexibility index (Phi) is 5.16. The van der Waals surface area contributed by atoms with E-state index in [1.54, 1.807) is 46.2 Å². The molecule has 2 amide bonds. The van der Waals surface area contributed by atoms with Gasteiger partial charge in [0.1, 0.15) is 24.4 Å². The first kappa shape index (κ1) is 20.6. The standard InChI is InChI=1S/C18H25N3O7S/c1-8(13(22)21-16-19-6-7-29-16)20-14(23)11-9-10(26-17(2,3)25-9)12-15(24-11)28-18(4,5)27-12/h6-12,15H,1-5H3,(H,20,23)(H,19,21,22)/t8-,9-,10+,11-,12-,15-/m1/s1. The number of rotatable bonds is 4. The Bertz CT molecular complexity index is 784. The van der Waals surface area contributed by atoms with Crippen LogP contribution in [0.5, 0.6) is 0 Å². The van der Waals surface area contributed by atoms with Crippen molar-refractivity contribution < 1.29 is 33.3 Å².